The number of hydrogen-bond acceptors (Lipinski definition) is 6. The molecule has 1 saturated heterocycles. The van der Waals surface area contributed by atoms with Crippen LogP contribution in [0.1, 0.15) is 37.8 Å². The number of likely N-dealkylation sites (tertiary alicyclic amines) is 1. The van der Waals surface area contributed by atoms with Crippen LogP contribution < -0.4 is 5.32 Å². The van der Waals surface area contributed by atoms with Crippen molar-refractivity contribution in [2.24, 2.45) is 11.8 Å². The molecular weight excluding hydrogens is 398 g/mol. The second kappa shape index (κ2) is 7.90. The summed E-state index contributed by atoms with van der Waals surface area (Å²) in [5, 5.41) is 7.13. The predicted molar refractivity (Wildman–Crippen MR) is 112 cm³/mol. The maximum absolute atomic E-state index is 12.4. The molecule has 2 aliphatic rings. The average Bonchev–Trinajstić information content (AvgIpc) is 3.08. The first kappa shape index (κ1) is 21.2. The van der Waals surface area contributed by atoms with Crippen molar-refractivity contribution in [2.75, 3.05) is 19.6 Å². The van der Waals surface area contributed by atoms with Crippen LogP contribution in [-0.4, -0.2) is 47.5 Å². The Hall–Kier alpha value is -3.03. The Morgan fingerprint density at radius 2 is 1.90 bits per heavy atom. The number of nitrogens with zero attached hydrogens (tertiary/aromatic N) is 2. The first-order valence-corrected chi connectivity index (χ1v) is 10.6. The topological polar surface area (TPSA) is 93.9 Å². The molecule has 2 aromatic rings. The molecule has 1 aromatic heterocycles. The van der Waals surface area contributed by atoms with Gasteiger partial charge in [-0.15, -0.1) is 0 Å². The van der Waals surface area contributed by atoms with Gasteiger partial charge in [-0.1, -0.05) is 35.5 Å². The van der Waals surface area contributed by atoms with E-state index in [1.807, 2.05) is 64.1 Å². The zero-order valence-corrected chi connectivity index (χ0v) is 18.4. The first-order valence-electron chi connectivity index (χ1n) is 10.6. The van der Waals surface area contributed by atoms with Crippen molar-refractivity contribution in [1.82, 2.24) is 15.4 Å². The lowest BCUT2D eigenvalue weighted by Gasteiger charge is -2.28. The number of alkyl carbamates (subject to hydrolysis) is 1. The maximum atomic E-state index is 12.4. The number of ether oxygens (including phenoxy) is 2. The summed E-state index contributed by atoms with van der Waals surface area (Å²) in [6.45, 7) is 9.13. The maximum Gasteiger partial charge on any atom is 0.410 e. The standard InChI is InChI=1S/C23H29N3O5/c1-15-10-19(25-31-15)23(14-24-20(27)29-13-16-8-6-5-7-9-16)17-11-26(12-18(17)23)21(28)30-22(2,3)4/h5-10,17-18H,11-14H2,1-4H3,(H,24,27)/t17-,18+,23?. The summed E-state index contributed by atoms with van der Waals surface area (Å²) in [6.07, 6.45) is -0.780. The van der Waals surface area contributed by atoms with Gasteiger partial charge in [0.1, 0.15) is 18.0 Å². The Bertz CT molecular complexity index is 938. The van der Waals surface area contributed by atoms with Crippen LogP contribution in [0.25, 0.3) is 0 Å². The van der Waals surface area contributed by atoms with Gasteiger partial charge in [-0.25, -0.2) is 9.59 Å². The predicted octanol–water partition coefficient (Wildman–Crippen LogP) is 3.64. The van der Waals surface area contributed by atoms with E-state index in [9.17, 15) is 9.59 Å². The van der Waals surface area contributed by atoms with E-state index in [0.29, 0.717) is 19.6 Å². The van der Waals surface area contributed by atoms with E-state index in [4.69, 9.17) is 14.0 Å². The highest BCUT2D eigenvalue weighted by Gasteiger charge is 2.71. The number of benzene rings is 1. The van der Waals surface area contributed by atoms with Crippen LogP contribution in [-0.2, 0) is 21.5 Å². The van der Waals surface area contributed by atoms with Crippen LogP contribution >= 0.6 is 0 Å². The summed E-state index contributed by atoms with van der Waals surface area (Å²) < 4.78 is 16.2. The van der Waals surface area contributed by atoms with E-state index in [1.54, 1.807) is 4.90 Å². The SMILES string of the molecule is Cc1cc(C2(CNC(=O)OCc3ccccc3)[C@@H]3CN(C(=O)OC(C)(C)C)C[C@@H]32)no1. The molecule has 31 heavy (non-hydrogen) atoms. The van der Waals surface area contributed by atoms with Gasteiger partial charge in [0.25, 0.3) is 0 Å². The molecule has 3 atom stereocenters. The van der Waals surface area contributed by atoms with Gasteiger partial charge in [0.15, 0.2) is 0 Å². The molecule has 0 radical (unpaired) electrons. The lowest BCUT2D eigenvalue weighted by Crippen LogP contribution is -2.42. The minimum atomic E-state index is -0.533. The third kappa shape index (κ3) is 4.38. The largest absolute Gasteiger partial charge is 0.445 e. The Balaban J connectivity index is 1.38. The lowest BCUT2D eigenvalue weighted by molar-refractivity contribution is 0.0259. The first-order chi connectivity index (χ1) is 14.7. The molecule has 0 spiro atoms. The fourth-order valence-corrected chi connectivity index (χ4v) is 4.52. The number of rotatable bonds is 5. The summed E-state index contributed by atoms with van der Waals surface area (Å²) in [7, 11) is 0. The van der Waals surface area contributed by atoms with E-state index in [1.165, 1.54) is 0 Å². The molecule has 2 fully saturated rings. The molecule has 1 aromatic carbocycles. The minimum absolute atomic E-state index is 0.180. The Labute approximate surface area is 181 Å². The number of carbonyl (C=O) groups is 2. The van der Waals surface area contributed by atoms with Crippen molar-refractivity contribution in [3.63, 3.8) is 0 Å². The molecule has 1 aliphatic heterocycles. The zero-order valence-electron chi connectivity index (χ0n) is 18.4. The van der Waals surface area contributed by atoms with Gasteiger partial charge < -0.3 is 24.2 Å². The molecule has 166 valence electrons. The number of hydrogen-bond donors (Lipinski definition) is 1. The fraction of sp³-hybridized carbons (Fsp3) is 0.522. The van der Waals surface area contributed by atoms with Crippen molar-refractivity contribution in [3.05, 3.63) is 53.4 Å². The third-order valence-corrected chi connectivity index (χ3v) is 6.03. The molecule has 1 aliphatic carbocycles. The van der Waals surface area contributed by atoms with E-state index >= 15 is 0 Å². The van der Waals surface area contributed by atoms with Crippen LogP contribution in [0, 0.1) is 18.8 Å². The van der Waals surface area contributed by atoms with Gasteiger partial charge in [-0.3, -0.25) is 0 Å². The highest BCUT2D eigenvalue weighted by Crippen LogP contribution is 2.63. The van der Waals surface area contributed by atoms with Gasteiger partial charge in [-0.05, 0) is 45.1 Å². The molecule has 8 nitrogen and oxygen atoms in total. The van der Waals surface area contributed by atoms with E-state index < -0.39 is 11.7 Å². The van der Waals surface area contributed by atoms with Crippen LogP contribution in [0.4, 0.5) is 9.59 Å². The van der Waals surface area contributed by atoms with E-state index in [0.717, 1.165) is 17.0 Å². The lowest BCUT2D eigenvalue weighted by atomic mass is 9.95. The number of fused-ring (bicyclic) bond motifs is 1. The van der Waals surface area contributed by atoms with Gasteiger partial charge in [-0.2, -0.15) is 0 Å². The van der Waals surface area contributed by atoms with Crippen molar-refractivity contribution < 1.29 is 23.6 Å². The number of aryl methyl sites for hydroxylation is 1. The Morgan fingerprint density at radius 1 is 1.23 bits per heavy atom. The van der Waals surface area contributed by atoms with Crippen LogP contribution in [0.5, 0.6) is 0 Å². The highest BCUT2D eigenvalue weighted by atomic mass is 16.6. The smallest absolute Gasteiger partial charge is 0.410 e. The van der Waals surface area contributed by atoms with E-state index in [2.05, 4.69) is 10.5 Å². The van der Waals surface area contributed by atoms with Crippen molar-refractivity contribution in [2.45, 2.75) is 45.3 Å². The monoisotopic (exact) mass is 427 g/mol. The number of nitrogens with one attached hydrogen (secondary N) is 1. The summed E-state index contributed by atoms with van der Waals surface area (Å²) in [6, 6.07) is 11.4. The number of carbonyl (C=O) groups excluding carboxylic acids is 2. The zero-order chi connectivity index (χ0) is 22.2. The van der Waals surface area contributed by atoms with Gasteiger partial charge in [0.2, 0.25) is 0 Å². The minimum Gasteiger partial charge on any atom is -0.445 e. The van der Waals surface area contributed by atoms with E-state index in [-0.39, 0.29) is 30.0 Å². The average molecular weight is 428 g/mol. The summed E-state index contributed by atoms with van der Waals surface area (Å²) >= 11 is 0. The molecular formula is C23H29N3O5. The van der Waals surface area contributed by atoms with Gasteiger partial charge in [0, 0.05) is 31.1 Å². The molecule has 1 saturated carbocycles. The van der Waals surface area contributed by atoms with Crippen molar-refractivity contribution in [3.8, 4) is 0 Å². The third-order valence-electron chi connectivity index (χ3n) is 6.03. The summed E-state index contributed by atoms with van der Waals surface area (Å²) in [4.78, 5) is 26.5. The van der Waals surface area contributed by atoms with Crippen molar-refractivity contribution >= 4 is 12.2 Å². The second-order valence-electron chi connectivity index (χ2n) is 9.38. The van der Waals surface area contributed by atoms with Crippen LogP contribution in [0.3, 0.4) is 0 Å². The normalized spacial score (nSPS) is 24.5. The Kier molecular flexibility index (Phi) is 5.41. The molecule has 2 amide bonds. The summed E-state index contributed by atoms with van der Waals surface area (Å²) in [5.74, 6) is 1.08. The highest BCUT2D eigenvalue weighted by molar-refractivity contribution is 5.70. The molecule has 0 bridgehead atoms. The van der Waals surface area contributed by atoms with Gasteiger partial charge in [0.05, 0.1) is 5.69 Å². The molecule has 4 rings (SSSR count). The van der Waals surface area contributed by atoms with Gasteiger partial charge >= 0.3 is 12.2 Å². The fourth-order valence-electron chi connectivity index (χ4n) is 4.52. The van der Waals surface area contributed by atoms with Crippen molar-refractivity contribution in [1.29, 1.82) is 0 Å². The number of piperidine rings is 1. The van der Waals surface area contributed by atoms with Crippen LogP contribution in [0.15, 0.2) is 40.9 Å². The quantitative estimate of drug-likeness (QED) is 0.783. The summed E-state index contributed by atoms with van der Waals surface area (Å²) in [5.41, 5.74) is 0.846. The Morgan fingerprint density at radius 3 is 2.48 bits per heavy atom. The molecule has 8 heteroatoms. The van der Waals surface area contributed by atoms with Crippen LogP contribution in [0.2, 0.25) is 0 Å². The molecule has 2 heterocycles. The number of aromatic nitrogens is 1. The molecule has 1 unspecified atom stereocenters. The number of amides is 2. The molecule has 1 N–H and O–H groups in total. The second-order valence-corrected chi connectivity index (χ2v) is 9.38.